The van der Waals surface area contributed by atoms with Crippen molar-refractivity contribution in [3.05, 3.63) is 53.6 Å². The van der Waals surface area contributed by atoms with E-state index in [0.29, 0.717) is 17.0 Å². The van der Waals surface area contributed by atoms with Gasteiger partial charge >= 0.3 is 0 Å². The first-order valence-corrected chi connectivity index (χ1v) is 5.92. The van der Waals surface area contributed by atoms with Crippen LogP contribution in [-0.2, 0) is 0 Å². The third-order valence-corrected chi connectivity index (χ3v) is 3.20. The predicted molar refractivity (Wildman–Crippen MR) is 72.6 cm³/mol. The fourth-order valence-electron chi connectivity index (χ4n) is 1.78. The quantitative estimate of drug-likeness (QED) is 0.698. The largest absolute Gasteiger partial charge is 0.193 e. The van der Waals surface area contributed by atoms with Crippen LogP contribution in [0.4, 0.5) is 0 Å². The smallest absolute Gasteiger partial charge is 0.0962 e. The van der Waals surface area contributed by atoms with Gasteiger partial charge in [0.1, 0.15) is 0 Å². The van der Waals surface area contributed by atoms with Gasteiger partial charge in [-0.15, -0.1) is 0 Å². The number of halogens is 1. The summed E-state index contributed by atoms with van der Waals surface area (Å²) in [5.74, 6) is 0. The van der Waals surface area contributed by atoms with E-state index in [1.807, 2.05) is 43.3 Å². The molecule has 84 valence electrons. The molecule has 0 fully saturated rings. The van der Waals surface area contributed by atoms with Gasteiger partial charge in [0.15, 0.2) is 0 Å². The summed E-state index contributed by atoms with van der Waals surface area (Å²) in [5, 5.41) is 11.8. The molecule has 1 nitrogen and oxygen atoms in total. The maximum absolute atomic E-state index is 8.98. The number of nitrogens with zero attached hydrogens (tertiary/aromatic N) is 1. The zero-order chi connectivity index (χ0) is 12.3. The highest BCUT2D eigenvalue weighted by atomic mass is 35.5. The van der Waals surface area contributed by atoms with Crippen molar-refractivity contribution in [3.63, 3.8) is 0 Å². The Bertz CT molecular complexity index is 620. The maximum atomic E-state index is 8.98. The lowest BCUT2D eigenvalue weighted by Gasteiger charge is -2.04. The van der Waals surface area contributed by atoms with Crippen LogP contribution >= 0.6 is 11.6 Å². The minimum Gasteiger partial charge on any atom is -0.193 e. The lowest BCUT2D eigenvalue weighted by molar-refractivity contribution is 1.16. The van der Waals surface area contributed by atoms with Gasteiger partial charge in [-0.25, -0.2) is 0 Å². The van der Waals surface area contributed by atoms with Crippen LogP contribution in [0.25, 0.3) is 15.8 Å². The van der Waals surface area contributed by atoms with Crippen molar-refractivity contribution in [2.75, 3.05) is 0 Å². The molecule has 0 spiro atoms. The summed E-state index contributed by atoms with van der Waals surface area (Å²) in [5.41, 5.74) is 1.53. The summed E-state index contributed by atoms with van der Waals surface area (Å²) >= 11 is 6.23. The first-order chi connectivity index (χ1) is 8.26. The van der Waals surface area contributed by atoms with Crippen LogP contribution in [0.5, 0.6) is 0 Å². The number of nitriles is 1. The van der Waals surface area contributed by atoms with E-state index in [1.54, 1.807) is 0 Å². The summed E-state index contributed by atoms with van der Waals surface area (Å²) in [6, 6.07) is 16.2. The first kappa shape index (κ1) is 11.7. The van der Waals surface area contributed by atoms with Gasteiger partial charge in [-0.05, 0) is 28.8 Å². The number of allylic oxidation sites excluding steroid dienone is 1. The first-order valence-electron chi connectivity index (χ1n) is 5.54. The van der Waals surface area contributed by atoms with E-state index in [1.165, 1.54) is 5.39 Å². The SMILES string of the molecule is CCC(C#N)=C(Cl)c1ccc2ccccc2c1. The van der Waals surface area contributed by atoms with Crippen LogP contribution in [0.1, 0.15) is 18.9 Å². The Morgan fingerprint density at radius 2 is 1.88 bits per heavy atom. The molecule has 0 aliphatic heterocycles. The third kappa shape index (κ3) is 2.33. The zero-order valence-electron chi connectivity index (χ0n) is 9.57. The van der Waals surface area contributed by atoms with E-state index in [-0.39, 0.29) is 0 Å². The Morgan fingerprint density at radius 1 is 1.18 bits per heavy atom. The molecule has 0 amide bonds. The average Bonchev–Trinajstić information content (AvgIpc) is 2.39. The second kappa shape index (κ2) is 5.03. The van der Waals surface area contributed by atoms with E-state index in [2.05, 4.69) is 12.1 Å². The fourth-order valence-corrected chi connectivity index (χ4v) is 2.08. The molecular weight excluding hydrogens is 230 g/mol. The molecule has 0 N–H and O–H groups in total. The molecule has 0 saturated carbocycles. The molecule has 0 aromatic heterocycles. The molecule has 17 heavy (non-hydrogen) atoms. The Morgan fingerprint density at radius 3 is 2.53 bits per heavy atom. The van der Waals surface area contributed by atoms with Crippen molar-refractivity contribution in [3.8, 4) is 6.07 Å². The van der Waals surface area contributed by atoms with Gasteiger partial charge in [0.25, 0.3) is 0 Å². The molecule has 0 aliphatic rings. The second-order valence-electron chi connectivity index (χ2n) is 3.82. The van der Waals surface area contributed by atoms with Gasteiger partial charge in [0.05, 0.1) is 11.1 Å². The van der Waals surface area contributed by atoms with Gasteiger partial charge in [-0.3, -0.25) is 0 Å². The van der Waals surface area contributed by atoms with Crippen molar-refractivity contribution in [1.82, 2.24) is 0 Å². The molecule has 0 heterocycles. The van der Waals surface area contributed by atoms with Crippen molar-refractivity contribution in [1.29, 1.82) is 5.26 Å². The van der Waals surface area contributed by atoms with Gasteiger partial charge in [-0.2, -0.15) is 5.26 Å². The fraction of sp³-hybridized carbons (Fsp3) is 0.133. The highest BCUT2D eigenvalue weighted by Crippen LogP contribution is 2.27. The highest BCUT2D eigenvalue weighted by Gasteiger charge is 2.05. The topological polar surface area (TPSA) is 23.8 Å². The summed E-state index contributed by atoms with van der Waals surface area (Å²) in [6.07, 6.45) is 0.655. The Labute approximate surface area is 106 Å². The minimum atomic E-state index is 0.556. The Kier molecular flexibility index (Phi) is 3.46. The maximum Gasteiger partial charge on any atom is 0.0962 e. The lowest BCUT2D eigenvalue weighted by Crippen LogP contribution is -1.84. The van der Waals surface area contributed by atoms with Gasteiger partial charge in [0.2, 0.25) is 0 Å². The van der Waals surface area contributed by atoms with Crippen LogP contribution in [0.3, 0.4) is 0 Å². The standard InChI is InChI=1S/C15H12ClN/c1-2-11(10-17)15(16)14-8-7-12-5-3-4-6-13(12)9-14/h3-9H,2H2,1H3. The van der Waals surface area contributed by atoms with E-state index >= 15 is 0 Å². The highest BCUT2D eigenvalue weighted by molar-refractivity contribution is 6.49. The number of hydrogen-bond acceptors (Lipinski definition) is 1. The third-order valence-electron chi connectivity index (χ3n) is 2.76. The van der Waals surface area contributed by atoms with Crippen LogP contribution in [-0.4, -0.2) is 0 Å². The summed E-state index contributed by atoms with van der Waals surface area (Å²) in [4.78, 5) is 0. The molecule has 2 aromatic carbocycles. The van der Waals surface area contributed by atoms with Crippen LogP contribution in [0.15, 0.2) is 48.0 Å². The van der Waals surface area contributed by atoms with E-state index in [9.17, 15) is 0 Å². The van der Waals surface area contributed by atoms with E-state index in [0.717, 1.165) is 10.9 Å². The van der Waals surface area contributed by atoms with Crippen molar-refractivity contribution >= 4 is 27.4 Å². The molecule has 0 atom stereocenters. The summed E-state index contributed by atoms with van der Waals surface area (Å²) in [7, 11) is 0. The molecule has 0 bridgehead atoms. The minimum absolute atomic E-state index is 0.556. The van der Waals surface area contributed by atoms with Crippen molar-refractivity contribution in [2.24, 2.45) is 0 Å². The summed E-state index contributed by atoms with van der Waals surface area (Å²) in [6.45, 7) is 1.93. The lowest BCUT2D eigenvalue weighted by atomic mass is 10.0. The monoisotopic (exact) mass is 241 g/mol. The van der Waals surface area contributed by atoms with Crippen LogP contribution in [0, 0.1) is 11.3 Å². The normalized spacial score (nSPS) is 12.1. The van der Waals surface area contributed by atoms with Gasteiger partial charge in [0, 0.05) is 5.57 Å². The molecule has 0 unspecified atom stereocenters. The van der Waals surface area contributed by atoms with Gasteiger partial charge < -0.3 is 0 Å². The van der Waals surface area contributed by atoms with E-state index < -0.39 is 0 Å². The summed E-state index contributed by atoms with van der Waals surface area (Å²) < 4.78 is 0. The molecule has 2 rings (SSSR count). The van der Waals surface area contributed by atoms with Crippen LogP contribution < -0.4 is 0 Å². The molecule has 0 radical (unpaired) electrons. The molecule has 0 aliphatic carbocycles. The predicted octanol–water partition coefficient (Wildman–Crippen LogP) is 4.72. The van der Waals surface area contributed by atoms with Crippen LogP contribution in [0.2, 0.25) is 0 Å². The van der Waals surface area contributed by atoms with Gasteiger partial charge in [-0.1, -0.05) is 54.9 Å². The number of fused-ring (bicyclic) bond motifs is 1. The van der Waals surface area contributed by atoms with Crippen molar-refractivity contribution < 1.29 is 0 Å². The molecule has 2 heteroatoms. The van der Waals surface area contributed by atoms with E-state index in [4.69, 9.17) is 16.9 Å². The average molecular weight is 242 g/mol. The molecule has 2 aromatic rings. The zero-order valence-corrected chi connectivity index (χ0v) is 10.3. The Balaban J connectivity index is 2.58. The Hall–Kier alpha value is -1.78. The number of rotatable bonds is 2. The number of benzene rings is 2. The molecular formula is C15H12ClN. The van der Waals surface area contributed by atoms with Crippen molar-refractivity contribution in [2.45, 2.75) is 13.3 Å². The second-order valence-corrected chi connectivity index (χ2v) is 4.20. The number of hydrogen-bond donors (Lipinski definition) is 0. The molecule has 0 saturated heterocycles.